The fourth-order valence-electron chi connectivity index (χ4n) is 2.35. The van der Waals surface area contributed by atoms with Gasteiger partial charge in [0.1, 0.15) is 0 Å². The number of rotatable bonds is 5. The zero-order valence-corrected chi connectivity index (χ0v) is 10.6. The largest absolute Gasteiger partial charge is 0.212 e. The summed E-state index contributed by atoms with van der Waals surface area (Å²) >= 11 is 0. The zero-order valence-electron chi connectivity index (χ0n) is 9.83. The summed E-state index contributed by atoms with van der Waals surface area (Å²) in [7, 11) is -3.01. The summed E-state index contributed by atoms with van der Waals surface area (Å²) in [5, 5.41) is 0. The minimum absolute atomic E-state index is 0.195. The van der Waals surface area contributed by atoms with E-state index in [9.17, 15) is 8.42 Å². The highest BCUT2D eigenvalue weighted by atomic mass is 32.2. The highest BCUT2D eigenvalue weighted by Crippen LogP contribution is 2.26. The second-order valence-electron chi connectivity index (χ2n) is 4.57. The Kier molecular flexibility index (Phi) is 5.06. The number of hydrogen-bond donors (Lipinski definition) is 1. The SMILES string of the molecule is CCCS(=O)(=O)NC1CCCC(CC)C1. The summed E-state index contributed by atoms with van der Waals surface area (Å²) in [5.41, 5.74) is 0. The van der Waals surface area contributed by atoms with Crippen molar-refractivity contribution in [1.29, 1.82) is 0 Å². The quantitative estimate of drug-likeness (QED) is 0.792. The molecule has 2 unspecified atom stereocenters. The first kappa shape index (κ1) is 13.0. The van der Waals surface area contributed by atoms with Crippen LogP contribution in [0.5, 0.6) is 0 Å². The molecule has 0 radical (unpaired) electrons. The molecule has 15 heavy (non-hydrogen) atoms. The van der Waals surface area contributed by atoms with Crippen LogP contribution < -0.4 is 4.72 Å². The second-order valence-corrected chi connectivity index (χ2v) is 6.45. The van der Waals surface area contributed by atoms with Gasteiger partial charge < -0.3 is 0 Å². The Balaban J connectivity index is 2.44. The molecule has 90 valence electrons. The van der Waals surface area contributed by atoms with E-state index in [-0.39, 0.29) is 11.8 Å². The number of hydrogen-bond acceptors (Lipinski definition) is 2. The van der Waals surface area contributed by atoms with E-state index in [2.05, 4.69) is 11.6 Å². The fraction of sp³-hybridized carbons (Fsp3) is 1.00. The Hall–Kier alpha value is -0.0900. The minimum atomic E-state index is -3.01. The second kappa shape index (κ2) is 5.85. The van der Waals surface area contributed by atoms with Gasteiger partial charge in [-0.05, 0) is 25.2 Å². The third kappa shape index (κ3) is 4.51. The van der Waals surface area contributed by atoms with Crippen LogP contribution >= 0.6 is 0 Å². The molecule has 1 rings (SSSR count). The van der Waals surface area contributed by atoms with Crippen LogP contribution in [0.4, 0.5) is 0 Å². The van der Waals surface area contributed by atoms with E-state index in [1.165, 1.54) is 12.8 Å². The summed E-state index contributed by atoms with van der Waals surface area (Å²) in [5.74, 6) is 0.980. The lowest BCUT2D eigenvalue weighted by Gasteiger charge is -2.28. The van der Waals surface area contributed by atoms with E-state index in [0.717, 1.165) is 19.3 Å². The smallest absolute Gasteiger partial charge is 0.211 e. The molecule has 0 aromatic rings. The molecule has 3 nitrogen and oxygen atoms in total. The van der Waals surface area contributed by atoms with Crippen LogP contribution in [0.3, 0.4) is 0 Å². The first-order valence-corrected chi connectivity index (χ1v) is 7.72. The molecule has 0 amide bonds. The van der Waals surface area contributed by atoms with Gasteiger partial charge in [0.25, 0.3) is 0 Å². The van der Waals surface area contributed by atoms with Gasteiger partial charge in [0.05, 0.1) is 5.75 Å². The average molecular weight is 233 g/mol. The highest BCUT2D eigenvalue weighted by molar-refractivity contribution is 7.89. The molecule has 0 aromatic heterocycles. The van der Waals surface area contributed by atoms with Crippen molar-refractivity contribution in [3.63, 3.8) is 0 Å². The van der Waals surface area contributed by atoms with Crippen LogP contribution in [0.25, 0.3) is 0 Å². The lowest BCUT2D eigenvalue weighted by Crippen LogP contribution is -2.39. The van der Waals surface area contributed by atoms with Crippen LogP contribution in [0.2, 0.25) is 0 Å². The van der Waals surface area contributed by atoms with E-state index in [1.807, 2.05) is 6.92 Å². The van der Waals surface area contributed by atoms with E-state index in [1.54, 1.807) is 0 Å². The molecule has 1 aliphatic carbocycles. The molecule has 0 spiro atoms. The number of nitrogens with one attached hydrogen (secondary N) is 1. The highest BCUT2D eigenvalue weighted by Gasteiger charge is 2.24. The molecular weight excluding hydrogens is 210 g/mol. The minimum Gasteiger partial charge on any atom is -0.212 e. The lowest BCUT2D eigenvalue weighted by molar-refractivity contribution is 0.301. The molecule has 2 atom stereocenters. The van der Waals surface area contributed by atoms with E-state index in [4.69, 9.17) is 0 Å². The van der Waals surface area contributed by atoms with Crippen LogP contribution in [-0.4, -0.2) is 20.2 Å². The van der Waals surface area contributed by atoms with Gasteiger partial charge in [0.2, 0.25) is 10.0 Å². The Morgan fingerprint density at radius 1 is 1.27 bits per heavy atom. The monoisotopic (exact) mass is 233 g/mol. The summed E-state index contributed by atoms with van der Waals surface area (Å²) in [6, 6.07) is 0.195. The van der Waals surface area contributed by atoms with Crippen molar-refractivity contribution in [3.8, 4) is 0 Å². The molecule has 0 bridgehead atoms. The van der Waals surface area contributed by atoms with Gasteiger partial charge >= 0.3 is 0 Å². The molecule has 1 aliphatic rings. The molecule has 0 aliphatic heterocycles. The predicted octanol–water partition coefficient (Wildman–Crippen LogP) is 2.28. The average Bonchev–Trinajstić information content (AvgIpc) is 2.17. The van der Waals surface area contributed by atoms with E-state index in [0.29, 0.717) is 12.3 Å². The Morgan fingerprint density at radius 3 is 2.60 bits per heavy atom. The number of sulfonamides is 1. The van der Waals surface area contributed by atoms with Gasteiger partial charge in [-0.1, -0.05) is 33.1 Å². The molecule has 1 saturated carbocycles. The zero-order chi connectivity index (χ0) is 11.3. The first-order valence-electron chi connectivity index (χ1n) is 6.07. The molecule has 0 heterocycles. The Labute approximate surface area is 93.7 Å². The van der Waals surface area contributed by atoms with Gasteiger partial charge in [-0.3, -0.25) is 0 Å². The molecule has 0 saturated heterocycles. The van der Waals surface area contributed by atoms with Gasteiger partial charge in [-0.2, -0.15) is 0 Å². The first-order chi connectivity index (χ1) is 7.07. The van der Waals surface area contributed by atoms with Gasteiger partial charge in [0, 0.05) is 6.04 Å². The van der Waals surface area contributed by atoms with Crippen molar-refractivity contribution < 1.29 is 8.42 Å². The van der Waals surface area contributed by atoms with Crippen LogP contribution in [0.1, 0.15) is 52.4 Å². The Bertz CT molecular complexity index is 274. The van der Waals surface area contributed by atoms with Crippen molar-refractivity contribution in [3.05, 3.63) is 0 Å². The lowest BCUT2D eigenvalue weighted by atomic mass is 9.85. The van der Waals surface area contributed by atoms with E-state index >= 15 is 0 Å². The van der Waals surface area contributed by atoms with Crippen molar-refractivity contribution in [1.82, 2.24) is 4.72 Å². The third-order valence-electron chi connectivity index (χ3n) is 3.18. The van der Waals surface area contributed by atoms with Gasteiger partial charge in [0.15, 0.2) is 0 Å². The molecule has 4 heteroatoms. The summed E-state index contributed by atoms with van der Waals surface area (Å²) in [6.07, 6.45) is 6.34. The molecule has 0 aromatic carbocycles. The normalized spacial score (nSPS) is 27.9. The van der Waals surface area contributed by atoms with Crippen LogP contribution in [0, 0.1) is 5.92 Å². The van der Waals surface area contributed by atoms with Gasteiger partial charge in [-0.25, -0.2) is 13.1 Å². The summed E-state index contributed by atoms with van der Waals surface area (Å²) < 4.78 is 26.0. The van der Waals surface area contributed by atoms with E-state index < -0.39 is 10.0 Å². The maximum absolute atomic E-state index is 11.6. The third-order valence-corrected chi connectivity index (χ3v) is 4.82. The topological polar surface area (TPSA) is 46.2 Å². The van der Waals surface area contributed by atoms with Gasteiger partial charge in [-0.15, -0.1) is 0 Å². The van der Waals surface area contributed by atoms with Crippen molar-refractivity contribution in [2.75, 3.05) is 5.75 Å². The van der Waals surface area contributed by atoms with Crippen molar-refractivity contribution in [2.45, 2.75) is 58.4 Å². The maximum atomic E-state index is 11.6. The molecule has 1 fully saturated rings. The molecular formula is C11H23NO2S. The van der Waals surface area contributed by atoms with Crippen molar-refractivity contribution in [2.24, 2.45) is 5.92 Å². The molecule has 1 N–H and O–H groups in total. The predicted molar refractivity (Wildman–Crippen MR) is 63.3 cm³/mol. The standard InChI is InChI=1S/C11H23NO2S/c1-3-8-15(13,14)12-11-7-5-6-10(4-2)9-11/h10-12H,3-9H2,1-2H3. The van der Waals surface area contributed by atoms with Crippen LogP contribution in [0.15, 0.2) is 0 Å². The summed E-state index contributed by atoms with van der Waals surface area (Å²) in [6.45, 7) is 4.09. The fourth-order valence-corrected chi connectivity index (χ4v) is 3.73. The van der Waals surface area contributed by atoms with Crippen LogP contribution in [-0.2, 0) is 10.0 Å². The summed E-state index contributed by atoms with van der Waals surface area (Å²) in [4.78, 5) is 0. The maximum Gasteiger partial charge on any atom is 0.211 e. The Morgan fingerprint density at radius 2 is 2.00 bits per heavy atom. The van der Waals surface area contributed by atoms with Crippen molar-refractivity contribution >= 4 is 10.0 Å².